The third-order valence-corrected chi connectivity index (χ3v) is 13.4. The highest BCUT2D eigenvalue weighted by molar-refractivity contribution is 5.49. The van der Waals surface area contributed by atoms with Gasteiger partial charge >= 0.3 is 0 Å². The predicted molar refractivity (Wildman–Crippen MR) is 205 cm³/mol. The molecule has 5 saturated carbocycles. The van der Waals surface area contributed by atoms with Crippen molar-refractivity contribution in [3.05, 3.63) is 53.6 Å². The van der Waals surface area contributed by atoms with E-state index in [2.05, 4.69) is 76.3 Å². The van der Waals surface area contributed by atoms with Gasteiger partial charge in [-0.15, -0.1) is 0 Å². The van der Waals surface area contributed by atoms with Crippen LogP contribution in [0.2, 0.25) is 0 Å². The van der Waals surface area contributed by atoms with Gasteiger partial charge in [-0.1, -0.05) is 127 Å². The largest absolute Gasteiger partial charge is 0.0851 e. The fraction of sp³-hybridized carbons (Fsp3) is 0.783. The molecule has 6 rings (SSSR count). The molecule has 1 aromatic rings. The molecule has 0 radical (unpaired) electrons. The molecule has 0 N–H and O–H groups in total. The Balaban J connectivity index is 0.000000198. The van der Waals surface area contributed by atoms with Crippen molar-refractivity contribution in [2.45, 2.75) is 170 Å². The van der Waals surface area contributed by atoms with Gasteiger partial charge in [0.15, 0.2) is 0 Å². The maximum Gasteiger partial charge on any atom is -0.0230 e. The fourth-order valence-corrected chi connectivity index (χ4v) is 9.85. The second-order valence-corrected chi connectivity index (χ2v) is 17.1. The smallest absolute Gasteiger partial charge is 0.0230 e. The lowest BCUT2D eigenvalue weighted by Gasteiger charge is -2.36. The molecule has 0 atom stereocenters. The lowest BCUT2D eigenvalue weighted by atomic mass is 9.69. The number of hydrogen-bond donors (Lipinski definition) is 0. The van der Waals surface area contributed by atoms with E-state index < -0.39 is 0 Å². The predicted octanol–water partition coefficient (Wildman–Crippen LogP) is 14.7. The van der Waals surface area contributed by atoms with Crippen molar-refractivity contribution in [1.82, 2.24) is 0 Å². The standard InChI is InChI=1S/C22H38.C22H32.C2H6/c2*1-17-3-7-19(8-4-17)9-10-20-11-15-22(16-12-20)21-13-5-18(2)6-14-21;1-2/h9-10,17-22H,3-8,11-16H2,1-2H3;3-4,7-10,18,20-22H,5-6,11-16H2,1-2H3;1-2H3/b2*10-9+;. The molecule has 46 heavy (non-hydrogen) atoms. The van der Waals surface area contributed by atoms with Gasteiger partial charge in [-0.25, -0.2) is 0 Å². The van der Waals surface area contributed by atoms with E-state index in [0.29, 0.717) is 0 Å². The van der Waals surface area contributed by atoms with E-state index in [1.54, 1.807) is 0 Å². The van der Waals surface area contributed by atoms with Gasteiger partial charge < -0.3 is 0 Å². The second-order valence-electron chi connectivity index (χ2n) is 17.1. The summed E-state index contributed by atoms with van der Waals surface area (Å²) in [7, 11) is 0. The molecule has 0 nitrogen and oxygen atoms in total. The first-order valence-electron chi connectivity index (χ1n) is 20.8. The van der Waals surface area contributed by atoms with Gasteiger partial charge in [0.25, 0.3) is 0 Å². The molecule has 0 heterocycles. The van der Waals surface area contributed by atoms with Crippen molar-refractivity contribution in [3.8, 4) is 0 Å². The summed E-state index contributed by atoms with van der Waals surface area (Å²) in [5.41, 5.74) is 2.70. The molecular formula is C46H76. The lowest BCUT2D eigenvalue weighted by molar-refractivity contribution is 0.160. The zero-order valence-corrected chi connectivity index (χ0v) is 31.5. The molecule has 5 aliphatic carbocycles. The SMILES string of the molecule is CC.CC1CCC(/C=C/C2CCC(C3CCC(C)CC3)CC2)CC1.Cc1ccc(/C=C/C2CCC(C3CCC(C)CC3)CC2)cc1. The van der Waals surface area contributed by atoms with E-state index in [4.69, 9.17) is 0 Å². The van der Waals surface area contributed by atoms with Gasteiger partial charge in [0, 0.05) is 0 Å². The molecule has 0 saturated heterocycles. The summed E-state index contributed by atoms with van der Waals surface area (Å²) in [4.78, 5) is 0. The number of allylic oxidation sites excluding steroid dienone is 3. The Morgan fingerprint density at radius 2 is 0.674 bits per heavy atom. The number of hydrogen-bond acceptors (Lipinski definition) is 0. The maximum atomic E-state index is 2.62. The Bertz CT molecular complexity index is 957. The molecule has 5 fully saturated rings. The van der Waals surface area contributed by atoms with Crippen molar-refractivity contribution in [1.29, 1.82) is 0 Å². The van der Waals surface area contributed by atoms with E-state index in [0.717, 1.165) is 59.2 Å². The van der Waals surface area contributed by atoms with Crippen LogP contribution in [-0.4, -0.2) is 0 Å². The molecule has 5 aliphatic rings. The zero-order chi connectivity index (χ0) is 32.7. The van der Waals surface area contributed by atoms with E-state index in [1.807, 2.05) is 13.8 Å². The molecule has 0 heteroatoms. The molecule has 0 spiro atoms. The van der Waals surface area contributed by atoms with Crippen LogP contribution in [0.25, 0.3) is 6.08 Å². The van der Waals surface area contributed by atoms with E-state index >= 15 is 0 Å². The summed E-state index contributed by atoms with van der Waals surface area (Å²) in [6, 6.07) is 8.89. The van der Waals surface area contributed by atoms with Crippen LogP contribution in [0.4, 0.5) is 0 Å². The van der Waals surface area contributed by atoms with Crippen LogP contribution >= 0.6 is 0 Å². The highest BCUT2D eigenvalue weighted by Crippen LogP contribution is 2.43. The zero-order valence-electron chi connectivity index (χ0n) is 31.5. The first kappa shape index (κ1) is 37.5. The minimum atomic E-state index is 0.820. The Morgan fingerprint density at radius 3 is 1.04 bits per heavy atom. The van der Waals surface area contributed by atoms with E-state index in [-0.39, 0.29) is 0 Å². The average molecular weight is 629 g/mol. The topological polar surface area (TPSA) is 0 Å². The van der Waals surface area contributed by atoms with Gasteiger partial charge in [-0.05, 0) is 162 Å². The highest BCUT2D eigenvalue weighted by Gasteiger charge is 2.30. The van der Waals surface area contributed by atoms with Crippen LogP contribution in [-0.2, 0) is 0 Å². The van der Waals surface area contributed by atoms with Gasteiger partial charge in [0.1, 0.15) is 0 Å². The minimum absolute atomic E-state index is 0.820. The Kier molecular flexibility index (Phi) is 16.5. The van der Waals surface area contributed by atoms with Crippen molar-refractivity contribution in [3.63, 3.8) is 0 Å². The average Bonchev–Trinajstić information content (AvgIpc) is 3.10. The molecule has 260 valence electrons. The van der Waals surface area contributed by atoms with Gasteiger partial charge in [0.05, 0.1) is 0 Å². The van der Waals surface area contributed by atoms with Crippen LogP contribution in [0.3, 0.4) is 0 Å². The molecule has 0 amide bonds. The summed E-state index contributed by atoms with van der Waals surface area (Å²) in [6.45, 7) is 13.5. The second kappa shape index (κ2) is 20.3. The van der Waals surface area contributed by atoms with Gasteiger partial charge in [-0.3, -0.25) is 0 Å². The van der Waals surface area contributed by atoms with Crippen molar-refractivity contribution >= 4 is 6.08 Å². The first-order chi connectivity index (χ1) is 22.4. The van der Waals surface area contributed by atoms with Crippen molar-refractivity contribution in [2.75, 3.05) is 0 Å². The molecule has 0 bridgehead atoms. The monoisotopic (exact) mass is 629 g/mol. The van der Waals surface area contributed by atoms with Crippen LogP contribution < -0.4 is 0 Å². The third-order valence-electron chi connectivity index (χ3n) is 13.4. The Hall–Kier alpha value is -1.30. The number of rotatable bonds is 6. The van der Waals surface area contributed by atoms with Crippen LogP contribution in [0.1, 0.15) is 174 Å². The van der Waals surface area contributed by atoms with Crippen LogP contribution in [0, 0.1) is 66.1 Å². The summed E-state index contributed by atoms with van der Waals surface area (Å²) in [6.07, 6.45) is 39.7. The fourth-order valence-electron chi connectivity index (χ4n) is 9.85. The first-order valence-corrected chi connectivity index (χ1v) is 20.8. The van der Waals surface area contributed by atoms with E-state index in [1.165, 1.54) is 140 Å². The molecule has 0 aromatic heterocycles. The van der Waals surface area contributed by atoms with Crippen LogP contribution in [0.15, 0.2) is 42.5 Å². The summed E-state index contributed by atoms with van der Waals surface area (Å²) < 4.78 is 0. The highest BCUT2D eigenvalue weighted by atomic mass is 14.4. The third kappa shape index (κ3) is 12.6. The normalized spacial score (nSPS) is 37.2. The maximum absolute atomic E-state index is 2.62. The number of aryl methyl sites for hydroxylation is 1. The molecule has 0 aliphatic heterocycles. The Labute approximate surface area is 288 Å². The molecule has 0 unspecified atom stereocenters. The van der Waals surface area contributed by atoms with E-state index in [9.17, 15) is 0 Å². The number of benzene rings is 1. The van der Waals surface area contributed by atoms with Crippen molar-refractivity contribution in [2.24, 2.45) is 59.2 Å². The van der Waals surface area contributed by atoms with Gasteiger partial charge in [0.2, 0.25) is 0 Å². The summed E-state index contributed by atoms with van der Waals surface area (Å²) in [5.74, 6) is 9.88. The summed E-state index contributed by atoms with van der Waals surface area (Å²) in [5, 5.41) is 0. The minimum Gasteiger partial charge on any atom is -0.0851 e. The Morgan fingerprint density at radius 1 is 0.391 bits per heavy atom. The lowest BCUT2D eigenvalue weighted by Crippen LogP contribution is -2.24. The van der Waals surface area contributed by atoms with Gasteiger partial charge in [-0.2, -0.15) is 0 Å². The quantitative estimate of drug-likeness (QED) is 0.275. The molecular weight excluding hydrogens is 553 g/mol. The van der Waals surface area contributed by atoms with Crippen molar-refractivity contribution < 1.29 is 0 Å². The van der Waals surface area contributed by atoms with Crippen LogP contribution in [0.5, 0.6) is 0 Å². The molecule has 1 aromatic carbocycles. The summed E-state index contributed by atoms with van der Waals surface area (Å²) >= 11 is 0.